The fourth-order valence-electron chi connectivity index (χ4n) is 2.49. The van der Waals surface area contributed by atoms with Gasteiger partial charge in [-0.05, 0) is 38.0 Å². The molecule has 2 amide bonds. The van der Waals surface area contributed by atoms with E-state index in [4.69, 9.17) is 0 Å². The van der Waals surface area contributed by atoms with E-state index < -0.39 is 15.6 Å². The van der Waals surface area contributed by atoms with Crippen LogP contribution < -0.4 is 15.4 Å². The van der Waals surface area contributed by atoms with Crippen molar-refractivity contribution in [3.8, 4) is 0 Å². The van der Waals surface area contributed by atoms with E-state index >= 15 is 0 Å². The van der Waals surface area contributed by atoms with Crippen LogP contribution in [0.4, 0.5) is 9.18 Å². The van der Waals surface area contributed by atoms with Crippen LogP contribution in [0, 0.1) is 5.82 Å². The summed E-state index contributed by atoms with van der Waals surface area (Å²) in [6.45, 7) is 3.54. The van der Waals surface area contributed by atoms with Crippen LogP contribution in [-0.2, 0) is 10.0 Å². The van der Waals surface area contributed by atoms with E-state index in [1.165, 1.54) is 12.1 Å². The Hall–Kier alpha value is -1.67. The molecule has 128 valence electrons. The molecule has 0 aliphatic heterocycles. The number of urea groups is 1. The lowest BCUT2D eigenvalue weighted by molar-refractivity contribution is 0.237. The van der Waals surface area contributed by atoms with Gasteiger partial charge in [0.25, 0.3) is 0 Å². The average Bonchev–Trinajstić information content (AvgIpc) is 3.14. The number of benzene rings is 1. The van der Waals surface area contributed by atoms with Gasteiger partial charge < -0.3 is 10.6 Å². The molecule has 0 unspecified atom stereocenters. The summed E-state index contributed by atoms with van der Waals surface area (Å²) in [5, 5.41) is 5.49. The Morgan fingerprint density at radius 1 is 1.30 bits per heavy atom. The van der Waals surface area contributed by atoms with Crippen molar-refractivity contribution in [1.82, 2.24) is 15.4 Å². The minimum atomic E-state index is -3.34. The maximum Gasteiger partial charge on any atom is 0.315 e. The second-order valence-electron chi connectivity index (χ2n) is 6.59. The highest BCUT2D eigenvalue weighted by atomic mass is 32.2. The largest absolute Gasteiger partial charge is 0.336 e. The molecule has 0 bridgehead atoms. The molecule has 1 aliphatic carbocycles. The molecule has 0 aromatic heterocycles. The highest BCUT2D eigenvalue weighted by Gasteiger charge is 2.39. The van der Waals surface area contributed by atoms with Crippen LogP contribution in [0.3, 0.4) is 0 Å². The number of rotatable bonds is 6. The Labute approximate surface area is 135 Å². The van der Waals surface area contributed by atoms with Crippen molar-refractivity contribution in [3.05, 3.63) is 35.6 Å². The zero-order valence-corrected chi connectivity index (χ0v) is 14.2. The van der Waals surface area contributed by atoms with E-state index in [1.54, 1.807) is 26.0 Å². The maximum absolute atomic E-state index is 12.9. The standard InChI is InChI=1S/C15H22FN3O3S/c1-15(2,19-23(3,21)22)9-17-14(20)18-13-8-12(13)10-4-6-11(16)7-5-10/h4-7,12-13,19H,8-9H2,1-3H3,(H2,17,18,20)/t12-,13+/m0/s1. The molecule has 1 aromatic rings. The van der Waals surface area contributed by atoms with Gasteiger partial charge in [0.15, 0.2) is 0 Å². The zero-order valence-electron chi connectivity index (χ0n) is 13.4. The van der Waals surface area contributed by atoms with Crippen LogP contribution in [0.25, 0.3) is 0 Å². The summed E-state index contributed by atoms with van der Waals surface area (Å²) in [4.78, 5) is 11.9. The van der Waals surface area contributed by atoms with E-state index in [9.17, 15) is 17.6 Å². The van der Waals surface area contributed by atoms with E-state index in [-0.39, 0.29) is 30.4 Å². The predicted octanol–water partition coefficient (Wildman–Crippen LogP) is 1.31. The highest BCUT2D eigenvalue weighted by molar-refractivity contribution is 7.88. The van der Waals surface area contributed by atoms with Gasteiger partial charge in [-0.3, -0.25) is 0 Å². The van der Waals surface area contributed by atoms with E-state index in [2.05, 4.69) is 15.4 Å². The Balaban J connectivity index is 1.77. The maximum atomic E-state index is 12.9. The first-order valence-corrected chi connectivity index (χ1v) is 9.24. The van der Waals surface area contributed by atoms with Gasteiger partial charge in [-0.25, -0.2) is 22.3 Å². The van der Waals surface area contributed by atoms with Crippen LogP contribution in [0.5, 0.6) is 0 Å². The van der Waals surface area contributed by atoms with Gasteiger partial charge >= 0.3 is 6.03 Å². The molecule has 2 atom stereocenters. The minimum absolute atomic E-state index is 0.0199. The number of sulfonamides is 1. The Morgan fingerprint density at radius 3 is 2.48 bits per heavy atom. The van der Waals surface area contributed by atoms with E-state index in [0.717, 1.165) is 18.2 Å². The molecule has 2 rings (SSSR count). The van der Waals surface area contributed by atoms with Gasteiger partial charge in [-0.1, -0.05) is 12.1 Å². The van der Waals surface area contributed by atoms with Gasteiger partial charge in [0.1, 0.15) is 5.82 Å². The minimum Gasteiger partial charge on any atom is -0.336 e. The first-order chi connectivity index (χ1) is 10.6. The fourth-order valence-corrected chi connectivity index (χ4v) is 3.57. The highest BCUT2D eigenvalue weighted by Crippen LogP contribution is 2.40. The number of nitrogens with one attached hydrogen (secondary N) is 3. The summed E-state index contributed by atoms with van der Waals surface area (Å²) in [7, 11) is -3.34. The lowest BCUT2D eigenvalue weighted by Crippen LogP contribution is -2.52. The topological polar surface area (TPSA) is 87.3 Å². The van der Waals surface area contributed by atoms with Gasteiger partial charge in [0.2, 0.25) is 10.0 Å². The fraction of sp³-hybridized carbons (Fsp3) is 0.533. The van der Waals surface area contributed by atoms with Gasteiger partial charge in [-0.2, -0.15) is 0 Å². The normalized spacial score (nSPS) is 20.9. The molecular formula is C15H22FN3O3S. The molecule has 0 heterocycles. The number of amides is 2. The Morgan fingerprint density at radius 2 is 1.91 bits per heavy atom. The summed E-state index contributed by atoms with van der Waals surface area (Å²) in [5.74, 6) is -0.0826. The van der Waals surface area contributed by atoms with Crippen molar-refractivity contribution in [2.24, 2.45) is 0 Å². The molecule has 8 heteroatoms. The van der Waals surface area contributed by atoms with Crippen molar-refractivity contribution in [3.63, 3.8) is 0 Å². The molecule has 6 nitrogen and oxygen atoms in total. The molecule has 3 N–H and O–H groups in total. The summed E-state index contributed by atoms with van der Waals surface area (Å²) < 4.78 is 37.8. The summed E-state index contributed by atoms with van der Waals surface area (Å²) >= 11 is 0. The molecule has 1 aliphatic rings. The van der Waals surface area contributed by atoms with Crippen LogP contribution in [0.15, 0.2) is 24.3 Å². The van der Waals surface area contributed by atoms with Crippen LogP contribution >= 0.6 is 0 Å². The third kappa shape index (κ3) is 5.80. The predicted molar refractivity (Wildman–Crippen MR) is 86.1 cm³/mol. The molecule has 23 heavy (non-hydrogen) atoms. The van der Waals surface area contributed by atoms with E-state index in [1.807, 2.05) is 0 Å². The van der Waals surface area contributed by atoms with Gasteiger partial charge in [0, 0.05) is 24.0 Å². The number of carbonyl (C=O) groups excluding carboxylic acids is 1. The molecule has 1 aromatic carbocycles. The number of hydrogen-bond acceptors (Lipinski definition) is 3. The van der Waals surface area contributed by atoms with E-state index in [0.29, 0.717) is 0 Å². The number of halogens is 1. The van der Waals surface area contributed by atoms with Crippen molar-refractivity contribution in [1.29, 1.82) is 0 Å². The SMILES string of the molecule is CC(C)(CNC(=O)N[C@@H]1C[C@H]1c1ccc(F)cc1)NS(C)(=O)=O. The first-order valence-electron chi connectivity index (χ1n) is 7.34. The monoisotopic (exact) mass is 343 g/mol. The number of hydrogen-bond donors (Lipinski definition) is 3. The lowest BCUT2D eigenvalue weighted by atomic mass is 10.1. The van der Waals surface area contributed by atoms with Crippen molar-refractivity contribution >= 4 is 16.1 Å². The second kappa shape index (κ2) is 6.45. The third-order valence-electron chi connectivity index (χ3n) is 3.56. The van der Waals surface area contributed by atoms with Crippen molar-refractivity contribution < 1.29 is 17.6 Å². The van der Waals surface area contributed by atoms with Crippen molar-refractivity contribution in [2.75, 3.05) is 12.8 Å². The molecule has 1 fully saturated rings. The van der Waals surface area contributed by atoms with Crippen LogP contribution in [0.1, 0.15) is 31.7 Å². The quantitative estimate of drug-likeness (QED) is 0.728. The summed E-state index contributed by atoms with van der Waals surface area (Å²) in [6.07, 6.45) is 1.89. The Kier molecular flexibility index (Phi) is 4.95. The summed E-state index contributed by atoms with van der Waals surface area (Å²) in [5.41, 5.74) is 0.223. The molecule has 0 saturated heterocycles. The average molecular weight is 343 g/mol. The molecule has 0 spiro atoms. The molecule has 0 radical (unpaired) electrons. The zero-order chi connectivity index (χ0) is 17.3. The lowest BCUT2D eigenvalue weighted by Gasteiger charge is -2.25. The third-order valence-corrected chi connectivity index (χ3v) is 4.48. The summed E-state index contributed by atoms with van der Waals surface area (Å²) in [6, 6.07) is 5.93. The van der Waals surface area contributed by atoms with Crippen LogP contribution in [0.2, 0.25) is 0 Å². The Bertz CT molecular complexity index is 674. The van der Waals surface area contributed by atoms with Crippen LogP contribution in [-0.4, -0.2) is 38.8 Å². The first kappa shape index (κ1) is 17.7. The van der Waals surface area contributed by atoms with Crippen molar-refractivity contribution in [2.45, 2.75) is 37.8 Å². The number of carbonyl (C=O) groups is 1. The van der Waals surface area contributed by atoms with Gasteiger partial charge in [0.05, 0.1) is 6.26 Å². The molecule has 1 saturated carbocycles. The second-order valence-corrected chi connectivity index (χ2v) is 8.33. The van der Waals surface area contributed by atoms with Gasteiger partial charge in [-0.15, -0.1) is 0 Å². The molecular weight excluding hydrogens is 321 g/mol. The smallest absolute Gasteiger partial charge is 0.315 e.